The predicted molar refractivity (Wildman–Crippen MR) is 81.3 cm³/mol. The number of nitrogen functional groups attached to an aromatic ring is 1. The van der Waals surface area contributed by atoms with Crippen LogP contribution in [0.2, 0.25) is 5.02 Å². The Bertz CT molecular complexity index is 538. The van der Waals surface area contributed by atoms with E-state index in [1.807, 2.05) is 13.8 Å². The topological polar surface area (TPSA) is 81.4 Å². The van der Waals surface area contributed by atoms with Crippen molar-refractivity contribution >= 4 is 27.3 Å². The van der Waals surface area contributed by atoms with Gasteiger partial charge in [-0.2, -0.15) is 0 Å². The molecule has 114 valence electrons. The molecule has 0 saturated heterocycles. The molecule has 0 unspecified atom stereocenters. The van der Waals surface area contributed by atoms with Crippen LogP contribution >= 0.6 is 11.6 Å². The van der Waals surface area contributed by atoms with E-state index >= 15 is 0 Å². The fourth-order valence-corrected chi connectivity index (χ4v) is 3.55. The van der Waals surface area contributed by atoms with Crippen molar-refractivity contribution in [3.63, 3.8) is 0 Å². The number of nitrogens with one attached hydrogen (secondary N) is 1. The summed E-state index contributed by atoms with van der Waals surface area (Å²) in [6, 6.07) is 4.62. The van der Waals surface area contributed by atoms with Crippen LogP contribution < -0.4 is 10.5 Å². The van der Waals surface area contributed by atoms with Crippen LogP contribution in [0.1, 0.15) is 20.3 Å². The van der Waals surface area contributed by atoms with Crippen molar-refractivity contribution in [2.24, 2.45) is 5.41 Å². The molecule has 1 aromatic rings. The zero-order valence-corrected chi connectivity index (χ0v) is 13.5. The number of sulfonamides is 1. The summed E-state index contributed by atoms with van der Waals surface area (Å²) in [5.41, 5.74) is 5.62. The van der Waals surface area contributed by atoms with Gasteiger partial charge in [-0.15, -0.1) is 0 Å². The number of hydrogen-bond donors (Lipinski definition) is 2. The van der Waals surface area contributed by atoms with Crippen LogP contribution in [-0.2, 0) is 14.8 Å². The van der Waals surface area contributed by atoms with Gasteiger partial charge in [0.25, 0.3) is 0 Å². The van der Waals surface area contributed by atoms with E-state index in [1.165, 1.54) is 12.1 Å². The average Bonchev–Trinajstić information content (AvgIpc) is 2.34. The maximum atomic E-state index is 12.3. The number of halogens is 1. The van der Waals surface area contributed by atoms with Crippen LogP contribution in [0, 0.1) is 5.41 Å². The summed E-state index contributed by atoms with van der Waals surface area (Å²) in [6.45, 7) is 4.78. The Morgan fingerprint density at radius 1 is 1.40 bits per heavy atom. The summed E-state index contributed by atoms with van der Waals surface area (Å²) in [5, 5.41) is 0.118. The number of rotatable bonds is 7. The van der Waals surface area contributed by atoms with Crippen molar-refractivity contribution < 1.29 is 13.2 Å². The van der Waals surface area contributed by atoms with Crippen LogP contribution in [0.5, 0.6) is 0 Å². The van der Waals surface area contributed by atoms with Gasteiger partial charge in [-0.1, -0.05) is 31.5 Å². The van der Waals surface area contributed by atoms with E-state index in [1.54, 1.807) is 13.2 Å². The molecule has 3 N–H and O–H groups in total. The molecule has 5 nitrogen and oxygen atoms in total. The molecular formula is C13H21ClN2O3S. The first-order valence-corrected chi connectivity index (χ1v) is 8.08. The fourth-order valence-electron chi connectivity index (χ4n) is 1.64. The standard InChI is InChI=1S/C13H21ClN2O3S/c1-13(2,7-8-19-3)9-16-20(17,18)12-10(14)5-4-6-11(12)15/h4-6,16H,7-9,15H2,1-3H3. The number of anilines is 1. The Hall–Kier alpha value is -0.820. The highest BCUT2D eigenvalue weighted by Gasteiger charge is 2.25. The first kappa shape index (κ1) is 17.2. The van der Waals surface area contributed by atoms with Gasteiger partial charge < -0.3 is 10.5 Å². The first-order chi connectivity index (χ1) is 9.19. The molecule has 0 aliphatic rings. The van der Waals surface area contributed by atoms with Crippen LogP contribution in [0.3, 0.4) is 0 Å². The third kappa shape index (κ3) is 4.63. The van der Waals surface area contributed by atoms with E-state index in [0.717, 1.165) is 6.42 Å². The van der Waals surface area contributed by atoms with E-state index in [-0.39, 0.29) is 27.6 Å². The van der Waals surface area contributed by atoms with Crippen molar-refractivity contribution in [3.8, 4) is 0 Å². The minimum absolute atomic E-state index is 0.0655. The highest BCUT2D eigenvalue weighted by molar-refractivity contribution is 7.89. The number of hydrogen-bond acceptors (Lipinski definition) is 4. The van der Waals surface area contributed by atoms with Gasteiger partial charge in [0.05, 0.1) is 10.7 Å². The highest BCUT2D eigenvalue weighted by atomic mass is 35.5. The van der Waals surface area contributed by atoms with Gasteiger partial charge in [-0.3, -0.25) is 0 Å². The Kier molecular flexibility index (Phi) is 5.82. The van der Waals surface area contributed by atoms with E-state index < -0.39 is 10.0 Å². The van der Waals surface area contributed by atoms with Crippen LogP contribution in [-0.4, -0.2) is 28.7 Å². The van der Waals surface area contributed by atoms with Crippen molar-refractivity contribution in [1.29, 1.82) is 0 Å². The van der Waals surface area contributed by atoms with Gasteiger partial charge in [0.1, 0.15) is 4.90 Å². The smallest absolute Gasteiger partial charge is 0.244 e. The second-order valence-corrected chi connectivity index (χ2v) is 7.50. The Labute approximate surface area is 125 Å². The normalized spacial score (nSPS) is 12.6. The predicted octanol–water partition coefficient (Wildman–Crippen LogP) is 2.26. The van der Waals surface area contributed by atoms with Crippen molar-refractivity contribution in [2.75, 3.05) is 26.0 Å². The van der Waals surface area contributed by atoms with E-state index in [2.05, 4.69) is 4.72 Å². The van der Waals surface area contributed by atoms with E-state index in [9.17, 15) is 8.42 Å². The lowest BCUT2D eigenvalue weighted by molar-refractivity contribution is 0.153. The Morgan fingerprint density at radius 2 is 2.05 bits per heavy atom. The lowest BCUT2D eigenvalue weighted by Gasteiger charge is -2.24. The largest absolute Gasteiger partial charge is 0.398 e. The summed E-state index contributed by atoms with van der Waals surface area (Å²) in [4.78, 5) is -0.0655. The lowest BCUT2D eigenvalue weighted by Crippen LogP contribution is -2.35. The summed E-state index contributed by atoms with van der Waals surface area (Å²) < 4.78 is 32.1. The lowest BCUT2D eigenvalue weighted by atomic mass is 9.90. The zero-order valence-electron chi connectivity index (χ0n) is 11.9. The van der Waals surface area contributed by atoms with Crippen molar-refractivity contribution in [3.05, 3.63) is 23.2 Å². The van der Waals surface area contributed by atoms with E-state index in [4.69, 9.17) is 22.1 Å². The Balaban J connectivity index is 2.86. The van der Waals surface area contributed by atoms with Gasteiger partial charge in [-0.05, 0) is 24.0 Å². The van der Waals surface area contributed by atoms with Crippen LogP contribution in [0.25, 0.3) is 0 Å². The molecule has 7 heteroatoms. The SMILES string of the molecule is COCCC(C)(C)CNS(=O)(=O)c1c(N)cccc1Cl. The second kappa shape index (κ2) is 6.76. The molecule has 1 rings (SSSR count). The molecule has 0 bridgehead atoms. The molecule has 0 amide bonds. The zero-order chi connectivity index (χ0) is 15.4. The minimum Gasteiger partial charge on any atom is -0.398 e. The van der Waals surface area contributed by atoms with Crippen LogP contribution in [0.4, 0.5) is 5.69 Å². The molecule has 0 saturated carbocycles. The summed E-state index contributed by atoms with van der Waals surface area (Å²) >= 11 is 5.93. The number of benzene rings is 1. The third-order valence-corrected chi connectivity index (χ3v) is 4.93. The number of ether oxygens (including phenoxy) is 1. The molecule has 0 fully saturated rings. The fraction of sp³-hybridized carbons (Fsp3) is 0.538. The summed E-state index contributed by atoms with van der Waals surface area (Å²) in [7, 11) is -2.11. The number of methoxy groups -OCH3 is 1. The van der Waals surface area contributed by atoms with Gasteiger partial charge in [0.2, 0.25) is 10.0 Å². The van der Waals surface area contributed by atoms with Gasteiger partial charge in [-0.25, -0.2) is 13.1 Å². The maximum absolute atomic E-state index is 12.3. The molecule has 0 atom stereocenters. The third-order valence-electron chi connectivity index (χ3n) is 2.99. The quantitative estimate of drug-likeness (QED) is 0.755. The van der Waals surface area contributed by atoms with Gasteiger partial charge in [0.15, 0.2) is 0 Å². The molecular weight excluding hydrogens is 300 g/mol. The molecule has 0 heterocycles. The molecule has 1 aromatic carbocycles. The summed E-state index contributed by atoms with van der Waals surface area (Å²) in [6.07, 6.45) is 0.740. The van der Waals surface area contributed by atoms with E-state index in [0.29, 0.717) is 6.61 Å². The van der Waals surface area contributed by atoms with Gasteiger partial charge >= 0.3 is 0 Å². The second-order valence-electron chi connectivity index (χ2n) is 5.39. The van der Waals surface area contributed by atoms with Crippen LogP contribution in [0.15, 0.2) is 23.1 Å². The monoisotopic (exact) mass is 320 g/mol. The maximum Gasteiger partial charge on any atom is 0.244 e. The van der Waals surface area contributed by atoms with Gasteiger partial charge in [0, 0.05) is 20.3 Å². The molecule has 0 spiro atoms. The molecule has 0 radical (unpaired) electrons. The van der Waals surface area contributed by atoms with Crippen molar-refractivity contribution in [1.82, 2.24) is 4.72 Å². The average molecular weight is 321 g/mol. The Morgan fingerprint density at radius 3 is 2.60 bits per heavy atom. The molecule has 0 aromatic heterocycles. The number of nitrogens with two attached hydrogens (primary N) is 1. The molecule has 0 aliphatic heterocycles. The molecule has 20 heavy (non-hydrogen) atoms. The summed E-state index contributed by atoms with van der Waals surface area (Å²) in [5.74, 6) is 0. The minimum atomic E-state index is -3.73. The molecule has 0 aliphatic carbocycles. The first-order valence-electron chi connectivity index (χ1n) is 6.22. The highest BCUT2D eigenvalue weighted by Crippen LogP contribution is 2.28. The van der Waals surface area contributed by atoms with Crippen molar-refractivity contribution in [2.45, 2.75) is 25.2 Å².